The molecular formula is C12H17N3. The van der Waals surface area contributed by atoms with Crippen molar-refractivity contribution in [1.82, 2.24) is 9.38 Å². The number of pyridine rings is 1. The summed E-state index contributed by atoms with van der Waals surface area (Å²) in [6, 6.07) is 4.27. The normalized spacial score (nSPS) is 11.1. The first-order chi connectivity index (χ1) is 7.30. The Morgan fingerprint density at radius 3 is 2.67 bits per heavy atom. The first kappa shape index (κ1) is 10.2. The Bertz CT molecular complexity index is 471. The molecule has 0 radical (unpaired) electrons. The van der Waals surface area contributed by atoms with Gasteiger partial charge in [-0.05, 0) is 18.1 Å². The van der Waals surface area contributed by atoms with E-state index in [1.54, 1.807) is 0 Å². The highest BCUT2D eigenvalue weighted by atomic mass is 15.0. The van der Waals surface area contributed by atoms with Crippen molar-refractivity contribution >= 4 is 5.52 Å². The number of aryl methyl sites for hydroxylation is 2. The van der Waals surface area contributed by atoms with E-state index < -0.39 is 0 Å². The predicted octanol–water partition coefficient (Wildman–Crippen LogP) is 1.92. The lowest BCUT2D eigenvalue weighted by Gasteiger charge is -2.01. The van der Waals surface area contributed by atoms with Crippen molar-refractivity contribution in [3.63, 3.8) is 0 Å². The molecular weight excluding hydrogens is 186 g/mol. The summed E-state index contributed by atoms with van der Waals surface area (Å²) in [5.41, 5.74) is 9.15. The third-order valence-electron chi connectivity index (χ3n) is 2.77. The van der Waals surface area contributed by atoms with Gasteiger partial charge in [0.15, 0.2) is 0 Å². The zero-order valence-electron chi connectivity index (χ0n) is 9.33. The molecule has 2 heterocycles. The van der Waals surface area contributed by atoms with Crippen LogP contribution < -0.4 is 5.73 Å². The fourth-order valence-electron chi connectivity index (χ4n) is 1.87. The van der Waals surface area contributed by atoms with Crippen molar-refractivity contribution in [2.45, 2.75) is 33.2 Å². The first-order valence-corrected chi connectivity index (χ1v) is 5.49. The van der Waals surface area contributed by atoms with E-state index in [1.807, 2.05) is 0 Å². The molecule has 0 aliphatic heterocycles. The molecule has 80 valence electrons. The molecule has 0 unspecified atom stereocenters. The van der Waals surface area contributed by atoms with E-state index in [0.29, 0.717) is 6.54 Å². The average molecular weight is 203 g/mol. The highest BCUT2D eigenvalue weighted by molar-refractivity contribution is 5.54. The van der Waals surface area contributed by atoms with E-state index >= 15 is 0 Å². The summed E-state index contributed by atoms with van der Waals surface area (Å²) in [5, 5.41) is 0. The molecule has 2 aromatic heterocycles. The van der Waals surface area contributed by atoms with Gasteiger partial charge in [-0.2, -0.15) is 0 Å². The second kappa shape index (κ2) is 4.03. The minimum atomic E-state index is 0.509. The summed E-state index contributed by atoms with van der Waals surface area (Å²) in [4.78, 5) is 4.54. The lowest BCUT2D eigenvalue weighted by Crippen LogP contribution is -1.97. The van der Waals surface area contributed by atoms with Crippen molar-refractivity contribution in [1.29, 1.82) is 0 Å². The summed E-state index contributed by atoms with van der Waals surface area (Å²) in [5.74, 6) is 1.10. The van der Waals surface area contributed by atoms with E-state index in [-0.39, 0.29) is 0 Å². The molecule has 2 N–H and O–H groups in total. The van der Waals surface area contributed by atoms with Gasteiger partial charge in [-0.15, -0.1) is 0 Å². The van der Waals surface area contributed by atoms with E-state index in [1.165, 1.54) is 5.56 Å². The molecule has 0 bridgehead atoms. The van der Waals surface area contributed by atoms with Crippen LogP contribution in [0.2, 0.25) is 0 Å². The fraction of sp³-hybridized carbons (Fsp3) is 0.417. The Balaban J connectivity index is 2.68. The van der Waals surface area contributed by atoms with Crippen LogP contribution in [0.4, 0.5) is 0 Å². The zero-order chi connectivity index (χ0) is 10.8. The second-order valence-corrected chi connectivity index (χ2v) is 3.68. The van der Waals surface area contributed by atoms with Crippen molar-refractivity contribution in [2.24, 2.45) is 5.73 Å². The summed E-state index contributed by atoms with van der Waals surface area (Å²) >= 11 is 0. The molecule has 3 nitrogen and oxygen atoms in total. The van der Waals surface area contributed by atoms with Crippen LogP contribution in [0.1, 0.15) is 30.9 Å². The zero-order valence-corrected chi connectivity index (χ0v) is 9.33. The minimum absolute atomic E-state index is 0.509. The molecule has 3 heteroatoms. The lowest BCUT2D eigenvalue weighted by molar-refractivity contribution is 0.908. The molecule has 2 rings (SSSR count). The highest BCUT2D eigenvalue weighted by Gasteiger charge is 2.08. The summed E-state index contributed by atoms with van der Waals surface area (Å²) in [7, 11) is 0. The number of fused-ring (bicyclic) bond motifs is 1. The first-order valence-electron chi connectivity index (χ1n) is 5.49. The van der Waals surface area contributed by atoms with Crippen LogP contribution >= 0.6 is 0 Å². The van der Waals surface area contributed by atoms with Gasteiger partial charge < -0.3 is 10.1 Å². The molecule has 0 aromatic carbocycles. The van der Waals surface area contributed by atoms with Crippen molar-refractivity contribution < 1.29 is 0 Å². The maximum absolute atomic E-state index is 5.68. The number of rotatable bonds is 3. The molecule has 2 aromatic rings. The maximum Gasteiger partial charge on any atom is 0.113 e. The lowest BCUT2D eigenvalue weighted by atomic mass is 10.2. The van der Waals surface area contributed by atoms with Crippen LogP contribution in [-0.2, 0) is 19.4 Å². The molecule has 0 saturated carbocycles. The van der Waals surface area contributed by atoms with Gasteiger partial charge in [-0.25, -0.2) is 4.98 Å². The van der Waals surface area contributed by atoms with Crippen LogP contribution in [0.15, 0.2) is 18.3 Å². The topological polar surface area (TPSA) is 43.3 Å². The number of nitrogens with zero attached hydrogens (tertiary/aromatic N) is 2. The Hall–Kier alpha value is -1.35. The predicted molar refractivity (Wildman–Crippen MR) is 61.8 cm³/mol. The smallest absolute Gasteiger partial charge is 0.113 e. The molecule has 0 fully saturated rings. The number of nitrogens with two attached hydrogens (primary N) is 1. The minimum Gasteiger partial charge on any atom is -0.325 e. The van der Waals surface area contributed by atoms with Crippen molar-refractivity contribution in [3.8, 4) is 0 Å². The van der Waals surface area contributed by atoms with Crippen molar-refractivity contribution in [3.05, 3.63) is 35.4 Å². The van der Waals surface area contributed by atoms with Crippen molar-refractivity contribution in [2.75, 3.05) is 0 Å². The van der Waals surface area contributed by atoms with Crippen LogP contribution in [0.5, 0.6) is 0 Å². The third-order valence-corrected chi connectivity index (χ3v) is 2.77. The molecule has 0 aliphatic carbocycles. The standard InChI is InChI=1S/C12H17N3/c1-3-9-5-6-11-10(7-13)14-12(4-2)15(11)8-9/h5-6,8H,3-4,7,13H2,1-2H3. The van der Waals surface area contributed by atoms with Gasteiger partial charge in [0.25, 0.3) is 0 Å². The molecule has 0 amide bonds. The fourth-order valence-corrected chi connectivity index (χ4v) is 1.87. The number of imidazole rings is 1. The van der Waals surface area contributed by atoms with E-state index in [0.717, 1.165) is 29.9 Å². The molecule has 0 atom stereocenters. The summed E-state index contributed by atoms with van der Waals surface area (Å²) < 4.78 is 2.17. The number of hydrogen-bond acceptors (Lipinski definition) is 2. The van der Waals surface area contributed by atoms with Crippen LogP contribution in [0, 0.1) is 0 Å². The largest absolute Gasteiger partial charge is 0.325 e. The maximum atomic E-state index is 5.68. The van der Waals surface area contributed by atoms with Gasteiger partial charge in [-0.3, -0.25) is 0 Å². The van der Waals surface area contributed by atoms with Gasteiger partial charge in [-0.1, -0.05) is 19.9 Å². The quantitative estimate of drug-likeness (QED) is 0.828. The van der Waals surface area contributed by atoms with Gasteiger partial charge in [0.1, 0.15) is 5.82 Å². The molecule has 0 spiro atoms. The number of hydrogen-bond donors (Lipinski definition) is 1. The number of aromatic nitrogens is 2. The highest BCUT2D eigenvalue weighted by Crippen LogP contribution is 2.15. The average Bonchev–Trinajstić information content (AvgIpc) is 2.65. The monoisotopic (exact) mass is 203 g/mol. The Kier molecular flexibility index (Phi) is 2.73. The van der Waals surface area contributed by atoms with Gasteiger partial charge in [0, 0.05) is 19.2 Å². The molecule has 0 aliphatic rings. The molecule has 15 heavy (non-hydrogen) atoms. The summed E-state index contributed by atoms with van der Waals surface area (Å²) in [6.07, 6.45) is 4.16. The summed E-state index contributed by atoms with van der Waals surface area (Å²) in [6.45, 7) is 4.79. The van der Waals surface area contributed by atoms with Crippen LogP contribution in [0.3, 0.4) is 0 Å². The third kappa shape index (κ3) is 1.63. The Morgan fingerprint density at radius 2 is 2.07 bits per heavy atom. The Labute approximate surface area is 89.9 Å². The van der Waals surface area contributed by atoms with Gasteiger partial charge >= 0.3 is 0 Å². The Morgan fingerprint density at radius 1 is 1.27 bits per heavy atom. The second-order valence-electron chi connectivity index (χ2n) is 3.68. The molecule has 0 saturated heterocycles. The SMILES string of the molecule is CCc1ccc2c(CN)nc(CC)n2c1. The van der Waals surface area contributed by atoms with E-state index in [2.05, 4.69) is 41.6 Å². The van der Waals surface area contributed by atoms with E-state index in [9.17, 15) is 0 Å². The van der Waals surface area contributed by atoms with Gasteiger partial charge in [0.2, 0.25) is 0 Å². The van der Waals surface area contributed by atoms with E-state index in [4.69, 9.17) is 5.73 Å². The van der Waals surface area contributed by atoms with Crippen LogP contribution in [0.25, 0.3) is 5.52 Å². The van der Waals surface area contributed by atoms with Gasteiger partial charge in [0.05, 0.1) is 11.2 Å². The van der Waals surface area contributed by atoms with Crippen LogP contribution in [-0.4, -0.2) is 9.38 Å².